The van der Waals surface area contributed by atoms with E-state index in [1.807, 2.05) is 6.20 Å². The van der Waals surface area contributed by atoms with Gasteiger partial charge in [0.25, 0.3) is 0 Å². The lowest BCUT2D eigenvalue weighted by Crippen LogP contribution is -2.38. The van der Waals surface area contributed by atoms with Gasteiger partial charge in [-0.1, -0.05) is 31.0 Å². The van der Waals surface area contributed by atoms with E-state index in [4.69, 9.17) is 0 Å². The topological polar surface area (TPSA) is 29.9 Å². The Kier molecular flexibility index (Phi) is 2.85. The number of hydrogen-bond donors (Lipinski definition) is 1. The molecule has 0 aliphatic heterocycles. The second-order valence-electron chi connectivity index (χ2n) is 4.89. The largest absolute Gasteiger partial charge is 0.315 e. The van der Waals surface area contributed by atoms with Crippen molar-refractivity contribution in [1.82, 2.24) is 15.1 Å². The van der Waals surface area contributed by atoms with E-state index in [-0.39, 0.29) is 0 Å². The molecule has 2 aromatic rings. The third kappa shape index (κ3) is 1.84. The Morgan fingerprint density at radius 3 is 2.94 bits per heavy atom. The molecule has 3 heteroatoms. The molecule has 1 heterocycles. The number of nitrogens with one attached hydrogen (secondary N) is 1. The van der Waals surface area contributed by atoms with Gasteiger partial charge in [0.2, 0.25) is 0 Å². The maximum absolute atomic E-state index is 4.59. The minimum absolute atomic E-state index is 0.508. The van der Waals surface area contributed by atoms with Crippen molar-refractivity contribution in [3.63, 3.8) is 0 Å². The Hall–Kier alpha value is -1.35. The number of fused-ring (bicyclic) bond motifs is 1. The van der Waals surface area contributed by atoms with E-state index in [1.54, 1.807) is 0 Å². The highest BCUT2D eigenvalue weighted by Crippen LogP contribution is 2.30. The van der Waals surface area contributed by atoms with Crippen LogP contribution in [0.15, 0.2) is 30.5 Å². The van der Waals surface area contributed by atoms with Crippen LogP contribution in [0.1, 0.15) is 31.7 Å². The monoisotopic (exact) mass is 229 g/mol. The predicted octanol–water partition coefficient (Wildman–Crippen LogP) is 2.74. The lowest BCUT2D eigenvalue weighted by molar-refractivity contribution is 0.263. The molecule has 1 fully saturated rings. The van der Waals surface area contributed by atoms with Crippen molar-refractivity contribution in [3.8, 4) is 0 Å². The fraction of sp³-hybridized carbons (Fsp3) is 0.500. The number of benzene rings is 1. The zero-order valence-corrected chi connectivity index (χ0v) is 10.3. The fourth-order valence-corrected chi connectivity index (χ4v) is 3.00. The molecule has 1 aromatic carbocycles. The fourth-order valence-electron chi connectivity index (χ4n) is 3.00. The summed E-state index contributed by atoms with van der Waals surface area (Å²) in [6.07, 6.45) is 7.13. The molecule has 90 valence electrons. The van der Waals surface area contributed by atoms with Gasteiger partial charge < -0.3 is 5.32 Å². The van der Waals surface area contributed by atoms with Crippen LogP contribution in [-0.2, 0) is 0 Å². The molecule has 2 unspecified atom stereocenters. The number of rotatable bonds is 2. The minimum atomic E-state index is 0.508. The molecule has 17 heavy (non-hydrogen) atoms. The first kappa shape index (κ1) is 10.8. The first-order chi connectivity index (χ1) is 8.40. The first-order valence-electron chi connectivity index (χ1n) is 6.49. The molecular formula is C14H19N3. The van der Waals surface area contributed by atoms with E-state index < -0.39 is 0 Å². The van der Waals surface area contributed by atoms with E-state index in [0.717, 1.165) is 0 Å². The smallest absolute Gasteiger partial charge is 0.0686 e. The molecule has 1 N–H and O–H groups in total. The summed E-state index contributed by atoms with van der Waals surface area (Å²) >= 11 is 0. The average Bonchev–Trinajstić information content (AvgIpc) is 2.82. The van der Waals surface area contributed by atoms with Crippen molar-refractivity contribution < 1.29 is 0 Å². The summed E-state index contributed by atoms with van der Waals surface area (Å²) in [6, 6.07) is 9.54. The summed E-state index contributed by atoms with van der Waals surface area (Å²) < 4.78 is 2.22. The number of likely N-dealkylation sites (N-methyl/N-ethyl adjacent to an activating group) is 1. The highest BCUT2D eigenvalue weighted by molar-refractivity contribution is 5.78. The molecule has 3 nitrogen and oxygen atoms in total. The van der Waals surface area contributed by atoms with Crippen LogP contribution in [0.5, 0.6) is 0 Å². The van der Waals surface area contributed by atoms with Crippen LogP contribution in [0.4, 0.5) is 0 Å². The Morgan fingerprint density at radius 1 is 1.24 bits per heavy atom. The highest BCUT2D eigenvalue weighted by atomic mass is 15.3. The van der Waals surface area contributed by atoms with Crippen LogP contribution in [0, 0.1) is 0 Å². The van der Waals surface area contributed by atoms with E-state index in [0.29, 0.717) is 12.1 Å². The molecule has 1 aromatic heterocycles. The second kappa shape index (κ2) is 4.49. The minimum Gasteiger partial charge on any atom is -0.315 e. The summed E-state index contributed by atoms with van der Waals surface area (Å²) in [5.41, 5.74) is 1.26. The van der Waals surface area contributed by atoms with Gasteiger partial charge in [0.1, 0.15) is 0 Å². The standard InChI is InChI=1S/C14H19N3/c1-15-12-7-3-5-9-14(12)17-13-8-4-2-6-11(13)10-16-17/h2,4,6,8,10,12,14-15H,3,5,7,9H2,1H3. The van der Waals surface area contributed by atoms with Crippen molar-refractivity contribution in [2.24, 2.45) is 0 Å². The first-order valence-corrected chi connectivity index (χ1v) is 6.49. The number of nitrogens with zero attached hydrogens (tertiary/aromatic N) is 2. The van der Waals surface area contributed by atoms with Crippen molar-refractivity contribution in [2.75, 3.05) is 7.05 Å². The van der Waals surface area contributed by atoms with Crippen molar-refractivity contribution in [3.05, 3.63) is 30.5 Å². The lowest BCUT2D eigenvalue weighted by Gasteiger charge is -2.31. The molecular weight excluding hydrogens is 210 g/mol. The van der Waals surface area contributed by atoms with E-state index >= 15 is 0 Å². The molecule has 0 radical (unpaired) electrons. The summed E-state index contributed by atoms with van der Waals surface area (Å²) in [5, 5.41) is 9.28. The Labute approximate surface area is 102 Å². The maximum Gasteiger partial charge on any atom is 0.0686 e. The van der Waals surface area contributed by atoms with Crippen LogP contribution >= 0.6 is 0 Å². The number of para-hydroxylation sites is 1. The quantitative estimate of drug-likeness (QED) is 0.858. The van der Waals surface area contributed by atoms with Crippen molar-refractivity contribution in [1.29, 1.82) is 0 Å². The highest BCUT2D eigenvalue weighted by Gasteiger charge is 2.26. The summed E-state index contributed by atoms with van der Waals surface area (Å²) in [4.78, 5) is 0. The zero-order chi connectivity index (χ0) is 11.7. The van der Waals surface area contributed by atoms with Gasteiger partial charge >= 0.3 is 0 Å². The normalized spacial score (nSPS) is 25.2. The van der Waals surface area contributed by atoms with Crippen LogP contribution < -0.4 is 5.32 Å². The molecule has 0 saturated heterocycles. The zero-order valence-electron chi connectivity index (χ0n) is 10.3. The third-order valence-corrected chi connectivity index (χ3v) is 3.92. The molecule has 0 spiro atoms. The van der Waals surface area contributed by atoms with E-state index in [9.17, 15) is 0 Å². The number of aromatic nitrogens is 2. The lowest BCUT2D eigenvalue weighted by atomic mass is 9.90. The van der Waals surface area contributed by atoms with Gasteiger partial charge in [-0.3, -0.25) is 4.68 Å². The molecule has 1 aliphatic carbocycles. The van der Waals surface area contributed by atoms with Crippen LogP contribution in [0.25, 0.3) is 10.9 Å². The molecule has 0 bridgehead atoms. The third-order valence-electron chi connectivity index (χ3n) is 3.92. The van der Waals surface area contributed by atoms with Gasteiger partial charge in [-0.25, -0.2) is 0 Å². The average molecular weight is 229 g/mol. The van der Waals surface area contributed by atoms with Gasteiger partial charge in [0.15, 0.2) is 0 Å². The molecule has 3 rings (SSSR count). The maximum atomic E-state index is 4.59. The van der Waals surface area contributed by atoms with Crippen molar-refractivity contribution >= 4 is 10.9 Å². The van der Waals surface area contributed by atoms with Crippen LogP contribution in [0.2, 0.25) is 0 Å². The Bertz CT molecular complexity index is 503. The second-order valence-corrected chi connectivity index (χ2v) is 4.89. The summed E-state index contributed by atoms with van der Waals surface area (Å²) in [5.74, 6) is 0. The number of hydrogen-bond acceptors (Lipinski definition) is 2. The molecule has 0 amide bonds. The summed E-state index contributed by atoms with van der Waals surface area (Å²) in [7, 11) is 2.06. The SMILES string of the molecule is CNC1CCCCC1n1ncc2ccccc21. The Balaban J connectivity index is 2.01. The summed E-state index contributed by atoms with van der Waals surface area (Å²) in [6.45, 7) is 0. The van der Waals surface area contributed by atoms with Gasteiger partial charge in [0, 0.05) is 11.4 Å². The molecule has 2 atom stereocenters. The van der Waals surface area contributed by atoms with E-state index in [2.05, 4.69) is 46.4 Å². The molecule has 1 saturated carbocycles. The van der Waals surface area contributed by atoms with Gasteiger partial charge in [-0.2, -0.15) is 5.10 Å². The van der Waals surface area contributed by atoms with Gasteiger partial charge in [-0.05, 0) is 26.0 Å². The van der Waals surface area contributed by atoms with Crippen LogP contribution in [0.3, 0.4) is 0 Å². The van der Waals surface area contributed by atoms with Crippen LogP contribution in [-0.4, -0.2) is 22.9 Å². The van der Waals surface area contributed by atoms with Crippen molar-refractivity contribution in [2.45, 2.75) is 37.8 Å². The Morgan fingerprint density at radius 2 is 2.06 bits per heavy atom. The van der Waals surface area contributed by atoms with E-state index in [1.165, 1.54) is 36.6 Å². The molecule has 1 aliphatic rings. The predicted molar refractivity (Wildman–Crippen MR) is 70.1 cm³/mol. The van der Waals surface area contributed by atoms with Gasteiger partial charge in [0.05, 0.1) is 17.8 Å². The van der Waals surface area contributed by atoms with Gasteiger partial charge in [-0.15, -0.1) is 0 Å².